The number of hydrogen-bond donors (Lipinski definition) is 0. The highest BCUT2D eigenvalue weighted by Crippen LogP contribution is 2.58. The molecule has 2 heterocycles. The van der Waals surface area contributed by atoms with Crippen LogP contribution < -0.4 is 9.80 Å². The summed E-state index contributed by atoms with van der Waals surface area (Å²) in [6, 6.07) is 10.1. The van der Waals surface area contributed by atoms with Crippen LogP contribution >= 0.6 is 23.2 Å². The van der Waals surface area contributed by atoms with Crippen LogP contribution in [0.25, 0.3) is 0 Å². The molecule has 172 valence electrons. The van der Waals surface area contributed by atoms with Crippen LogP contribution in [0.3, 0.4) is 0 Å². The normalized spacial score (nSPS) is 31.5. The first-order chi connectivity index (χ1) is 16.2. The lowest BCUT2D eigenvalue weighted by Crippen LogP contribution is -2.50. The molecule has 2 aromatic carbocycles. The molecular weight excluding hydrogens is 475 g/mol. The molecule has 2 aliphatic heterocycles. The van der Waals surface area contributed by atoms with Crippen LogP contribution in [0.15, 0.2) is 48.6 Å². The first-order valence-electron chi connectivity index (χ1n) is 11.2. The van der Waals surface area contributed by atoms with Gasteiger partial charge in [0.05, 0.1) is 35.0 Å². The van der Waals surface area contributed by atoms with Gasteiger partial charge in [0.15, 0.2) is 0 Å². The molecule has 2 aromatic rings. The van der Waals surface area contributed by atoms with Gasteiger partial charge in [0, 0.05) is 21.9 Å². The van der Waals surface area contributed by atoms with Gasteiger partial charge in [0.1, 0.15) is 0 Å². The van der Waals surface area contributed by atoms with Crippen molar-refractivity contribution < 1.29 is 19.2 Å². The maximum Gasteiger partial charge on any atom is 0.238 e. The van der Waals surface area contributed by atoms with E-state index < -0.39 is 35.5 Å². The number of amides is 4. The Kier molecular flexibility index (Phi) is 4.61. The van der Waals surface area contributed by atoms with Gasteiger partial charge in [-0.3, -0.25) is 19.2 Å². The number of halogens is 2. The second-order valence-corrected chi connectivity index (χ2v) is 10.3. The summed E-state index contributed by atoms with van der Waals surface area (Å²) in [6.07, 6.45) is 3.70. The van der Waals surface area contributed by atoms with Gasteiger partial charge in [-0.15, -0.1) is 0 Å². The fraction of sp³-hybridized carbons (Fsp3) is 0.308. The lowest BCUT2D eigenvalue weighted by Gasteiger charge is -2.44. The third-order valence-corrected chi connectivity index (χ3v) is 8.65. The highest BCUT2D eigenvalue weighted by Gasteiger charge is 2.68. The van der Waals surface area contributed by atoms with Gasteiger partial charge in [-0.1, -0.05) is 47.5 Å². The summed E-state index contributed by atoms with van der Waals surface area (Å²) < 4.78 is 0. The van der Waals surface area contributed by atoms with Crippen molar-refractivity contribution in [2.45, 2.75) is 13.8 Å². The third kappa shape index (κ3) is 2.70. The molecule has 34 heavy (non-hydrogen) atoms. The molecule has 2 saturated heterocycles. The summed E-state index contributed by atoms with van der Waals surface area (Å²) in [5, 5.41) is 0.924. The Labute approximate surface area is 206 Å². The van der Waals surface area contributed by atoms with Gasteiger partial charge >= 0.3 is 0 Å². The summed E-state index contributed by atoms with van der Waals surface area (Å²) in [5.74, 6) is -5.13. The number of nitrogens with zero attached hydrogens (tertiary/aromatic N) is 2. The molecule has 5 aliphatic rings. The standard InChI is InChI=1S/C26H20Cl2N2O4/c1-11-3-5-13(9-17(11)27)29-23(31)19-15-7-8-16(20(19)24(29)32)22-21(15)25(33)30(26(22)34)14-6-4-12(2)18(28)10-14/h3-10,15-16,19-22H,1-2H3/t15?,16?,19-,20-,21+,22+. The monoisotopic (exact) mass is 494 g/mol. The molecule has 4 amide bonds. The summed E-state index contributed by atoms with van der Waals surface area (Å²) >= 11 is 12.5. The van der Waals surface area contributed by atoms with Crippen LogP contribution in [0.4, 0.5) is 11.4 Å². The zero-order valence-corrected chi connectivity index (χ0v) is 19.9. The fourth-order valence-corrected chi connectivity index (χ4v) is 6.53. The van der Waals surface area contributed by atoms with Crippen LogP contribution in [-0.2, 0) is 19.2 Å². The van der Waals surface area contributed by atoms with Crippen molar-refractivity contribution >= 4 is 58.2 Å². The van der Waals surface area contributed by atoms with E-state index >= 15 is 0 Å². The van der Waals surface area contributed by atoms with E-state index in [9.17, 15) is 19.2 Å². The van der Waals surface area contributed by atoms with E-state index in [0.29, 0.717) is 21.4 Å². The quantitative estimate of drug-likeness (QED) is 0.459. The smallest absolute Gasteiger partial charge is 0.238 e. The van der Waals surface area contributed by atoms with Crippen LogP contribution in [0.1, 0.15) is 11.1 Å². The molecule has 0 radical (unpaired) electrons. The van der Waals surface area contributed by atoms with Crippen molar-refractivity contribution in [3.8, 4) is 0 Å². The molecule has 0 spiro atoms. The number of benzene rings is 2. The van der Waals surface area contributed by atoms with E-state index in [4.69, 9.17) is 23.2 Å². The Morgan fingerprint density at radius 2 is 0.912 bits per heavy atom. The average molecular weight is 495 g/mol. The number of carbonyl (C=O) groups excluding carboxylic acids is 4. The molecular formula is C26H20Cl2N2O4. The molecule has 2 unspecified atom stereocenters. The van der Waals surface area contributed by atoms with Crippen molar-refractivity contribution in [1.29, 1.82) is 0 Å². The molecule has 0 aromatic heterocycles. The van der Waals surface area contributed by atoms with Gasteiger partial charge in [0.2, 0.25) is 23.6 Å². The van der Waals surface area contributed by atoms with Gasteiger partial charge in [0.25, 0.3) is 0 Å². The Hall–Kier alpha value is -2.96. The maximum absolute atomic E-state index is 13.5. The molecule has 1 saturated carbocycles. The van der Waals surface area contributed by atoms with Gasteiger partial charge in [-0.05, 0) is 49.2 Å². The van der Waals surface area contributed by atoms with Crippen LogP contribution in [0.5, 0.6) is 0 Å². The van der Waals surface area contributed by atoms with Gasteiger partial charge in [-0.25, -0.2) is 9.80 Å². The average Bonchev–Trinajstić information content (AvgIpc) is 3.25. The Bertz CT molecular complexity index is 1210. The summed E-state index contributed by atoms with van der Waals surface area (Å²) in [7, 11) is 0. The fourth-order valence-electron chi connectivity index (χ4n) is 6.18. The molecule has 7 rings (SSSR count). The highest BCUT2D eigenvalue weighted by atomic mass is 35.5. The molecule has 6 atom stereocenters. The highest BCUT2D eigenvalue weighted by molar-refractivity contribution is 6.33. The Balaban J connectivity index is 1.39. The minimum absolute atomic E-state index is 0.343. The minimum Gasteiger partial charge on any atom is -0.274 e. The molecule has 0 N–H and O–H groups in total. The number of allylic oxidation sites excluding steroid dienone is 2. The van der Waals surface area contributed by atoms with Crippen molar-refractivity contribution in [3.05, 3.63) is 69.7 Å². The van der Waals surface area contributed by atoms with E-state index in [1.165, 1.54) is 9.80 Å². The largest absolute Gasteiger partial charge is 0.274 e. The Morgan fingerprint density at radius 3 is 1.21 bits per heavy atom. The Morgan fingerprint density at radius 1 is 0.588 bits per heavy atom. The second kappa shape index (κ2) is 7.27. The third-order valence-electron chi connectivity index (χ3n) is 7.84. The van der Waals surface area contributed by atoms with Crippen molar-refractivity contribution in [2.24, 2.45) is 35.5 Å². The van der Waals surface area contributed by atoms with Crippen molar-refractivity contribution in [3.63, 3.8) is 0 Å². The van der Waals surface area contributed by atoms with E-state index in [1.807, 2.05) is 26.0 Å². The number of carbonyl (C=O) groups is 4. The predicted octanol–water partition coefficient (Wildman–Crippen LogP) is 4.34. The maximum atomic E-state index is 13.5. The van der Waals surface area contributed by atoms with E-state index in [2.05, 4.69) is 0 Å². The van der Waals surface area contributed by atoms with Crippen LogP contribution in [0, 0.1) is 49.4 Å². The van der Waals surface area contributed by atoms with Crippen molar-refractivity contribution in [2.75, 3.05) is 9.80 Å². The van der Waals surface area contributed by atoms with Crippen LogP contribution in [0.2, 0.25) is 10.0 Å². The molecule has 3 aliphatic carbocycles. The SMILES string of the molecule is Cc1ccc(N2C(=O)[C@@H]3C4C=CC([C@H]3C2=O)[C@@H]2C(=O)N(c3ccc(C)c(Cl)c3)C(=O)[C@@H]42)cc1Cl. The first-order valence-corrected chi connectivity index (χ1v) is 11.9. The van der Waals surface area contributed by atoms with Gasteiger partial charge in [-0.2, -0.15) is 0 Å². The zero-order chi connectivity index (χ0) is 24.0. The second-order valence-electron chi connectivity index (χ2n) is 9.53. The van der Waals surface area contributed by atoms with E-state index in [-0.39, 0.29) is 23.6 Å². The van der Waals surface area contributed by atoms with Gasteiger partial charge < -0.3 is 0 Å². The topological polar surface area (TPSA) is 74.8 Å². The number of aryl methyl sites for hydroxylation is 2. The zero-order valence-electron chi connectivity index (χ0n) is 18.4. The summed E-state index contributed by atoms with van der Waals surface area (Å²) in [6.45, 7) is 3.68. The lowest BCUT2D eigenvalue weighted by atomic mass is 9.54. The number of rotatable bonds is 2. The van der Waals surface area contributed by atoms with E-state index in [1.54, 1.807) is 36.4 Å². The first kappa shape index (κ1) is 21.6. The minimum atomic E-state index is -0.679. The lowest BCUT2D eigenvalue weighted by molar-refractivity contribution is -0.137. The summed E-state index contributed by atoms with van der Waals surface area (Å²) in [5.41, 5.74) is 2.51. The summed E-state index contributed by atoms with van der Waals surface area (Å²) in [4.78, 5) is 56.6. The molecule has 6 nitrogen and oxygen atoms in total. The van der Waals surface area contributed by atoms with Crippen molar-refractivity contribution in [1.82, 2.24) is 0 Å². The number of hydrogen-bond acceptors (Lipinski definition) is 4. The predicted molar refractivity (Wildman–Crippen MR) is 127 cm³/mol. The molecule has 8 heteroatoms. The number of anilines is 2. The van der Waals surface area contributed by atoms with E-state index in [0.717, 1.165) is 11.1 Å². The van der Waals surface area contributed by atoms with Crippen LogP contribution in [-0.4, -0.2) is 23.6 Å². The molecule has 3 fully saturated rings. The molecule has 2 bridgehead atoms. The number of imide groups is 2.